The number of hydrogen-bond acceptors (Lipinski definition) is 5. The van der Waals surface area contributed by atoms with Crippen molar-refractivity contribution in [3.63, 3.8) is 0 Å². The third-order valence-electron chi connectivity index (χ3n) is 5.05. The number of hydrogen-bond donors (Lipinski definition) is 2. The molecule has 1 fully saturated rings. The summed E-state index contributed by atoms with van der Waals surface area (Å²) < 4.78 is 5.50. The summed E-state index contributed by atoms with van der Waals surface area (Å²) in [5, 5.41) is 7.11. The van der Waals surface area contributed by atoms with Crippen molar-refractivity contribution in [2.24, 2.45) is 5.73 Å². The molecule has 0 aliphatic heterocycles. The fraction of sp³-hybridized carbons (Fsp3) is 0.286. The van der Waals surface area contributed by atoms with Crippen molar-refractivity contribution in [3.05, 3.63) is 83.5 Å². The molecule has 1 saturated carbocycles. The van der Waals surface area contributed by atoms with E-state index in [0.717, 1.165) is 24.8 Å². The van der Waals surface area contributed by atoms with Gasteiger partial charge in [-0.15, -0.1) is 12.4 Å². The normalized spacial score (nSPS) is 15.8. The monoisotopic (exact) mass is 398 g/mol. The minimum atomic E-state index is -0.498. The van der Waals surface area contributed by atoms with Gasteiger partial charge in [-0.1, -0.05) is 53.7 Å². The van der Waals surface area contributed by atoms with Crippen LogP contribution in [0.1, 0.15) is 52.9 Å². The highest BCUT2D eigenvalue weighted by atomic mass is 35.5. The Morgan fingerprint density at radius 2 is 1.75 bits per heavy atom. The van der Waals surface area contributed by atoms with Crippen LogP contribution in [0.4, 0.5) is 0 Å². The molecule has 146 valence electrons. The summed E-state index contributed by atoms with van der Waals surface area (Å²) in [6.07, 6.45) is 3.33. The van der Waals surface area contributed by atoms with Gasteiger partial charge in [-0.2, -0.15) is 4.98 Å². The number of benzene rings is 2. The van der Waals surface area contributed by atoms with Gasteiger partial charge in [0.05, 0.1) is 5.54 Å². The van der Waals surface area contributed by atoms with E-state index in [4.69, 9.17) is 10.3 Å². The van der Waals surface area contributed by atoms with Crippen LogP contribution in [0.5, 0.6) is 0 Å². The van der Waals surface area contributed by atoms with Crippen LogP contribution in [0, 0.1) is 0 Å². The van der Waals surface area contributed by atoms with E-state index in [0.29, 0.717) is 23.7 Å². The first-order chi connectivity index (χ1) is 13.1. The average molecular weight is 399 g/mol. The zero-order chi connectivity index (χ0) is 18.7. The van der Waals surface area contributed by atoms with E-state index in [1.54, 1.807) is 12.1 Å². The summed E-state index contributed by atoms with van der Waals surface area (Å²) in [5.41, 5.74) is 7.47. The smallest absolute Gasteiger partial charge is 0.251 e. The quantitative estimate of drug-likeness (QED) is 0.662. The molecule has 0 radical (unpaired) electrons. The second-order valence-electron chi connectivity index (χ2n) is 7.05. The van der Waals surface area contributed by atoms with Crippen molar-refractivity contribution in [3.8, 4) is 0 Å². The number of nitrogens with zero attached hydrogens (tertiary/aromatic N) is 2. The molecule has 28 heavy (non-hydrogen) atoms. The maximum Gasteiger partial charge on any atom is 0.251 e. The fourth-order valence-electron chi connectivity index (χ4n) is 3.24. The lowest BCUT2D eigenvalue weighted by Gasteiger charge is -2.34. The Kier molecular flexibility index (Phi) is 6.11. The lowest BCUT2D eigenvalue weighted by atomic mass is 9.77. The van der Waals surface area contributed by atoms with Crippen molar-refractivity contribution in [1.82, 2.24) is 15.5 Å². The minimum Gasteiger partial charge on any atom is -0.340 e. The van der Waals surface area contributed by atoms with Crippen molar-refractivity contribution in [1.29, 1.82) is 0 Å². The van der Waals surface area contributed by atoms with E-state index in [1.165, 1.54) is 0 Å². The third-order valence-corrected chi connectivity index (χ3v) is 5.05. The lowest BCUT2D eigenvalue weighted by Crippen LogP contribution is -2.44. The van der Waals surface area contributed by atoms with Gasteiger partial charge >= 0.3 is 0 Å². The molecule has 4 rings (SSSR count). The van der Waals surface area contributed by atoms with Gasteiger partial charge < -0.3 is 15.6 Å². The van der Waals surface area contributed by atoms with E-state index in [1.807, 2.05) is 48.5 Å². The molecule has 1 amide bonds. The first-order valence-electron chi connectivity index (χ1n) is 9.17. The Morgan fingerprint density at radius 3 is 2.36 bits per heavy atom. The van der Waals surface area contributed by atoms with Gasteiger partial charge in [-0.3, -0.25) is 4.79 Å². The molecule has 0 spiro atoms. The lowest BCUT2D eigenvalue weighted by molar-refractivity contribution is 0.0928. The summed E-state index contributed by atoms with van der Waals surface area (Å²) in [4.78, 5) is 17.2. The first-order valence-corrected chi connectivity index (χ1v) is 9.17. The highest BCUT2D eigenvalue weighted by Gasteiger charge is 2.39. The summed E-state index contributed by atoms with van der Waals surface area (Å²) in [7, 11) is 0. The predicted molar refractivity (Wildman–Crippen MR) is 108 cm³/mol. The SMILES string of the molecule is Cl.NC1(c2noc(C(Cc3ccccc3)NC(=O)c3ccccc3)n2)CCC1. The van der Waals surface area contributed by atoms with Gasteiger partial charge in [-0.05, 0) is 37.0 Å². The first kappa shape index (κ1) is 20.0. The number of rotatable bonds is 6. The molecule has 0 saturated heterocycles. The molecule has 7 heteroatoms. The van der Waals surface area contributed by atoms with Crippen molar-refractivity contribution < 1.29 is 9.32 Å². The number of amides is 1. The van der Waals surface area contributed by atoms with E-state index < -0.39 is 11.6 Å². The van der Waals surface area contributed by atoms with Crippen LogP contribution >= 0.6 is 12.4 Å². The zero-order valence-electron chi connectivity index (χ0n) is 15.4. The van der Waals surface area contributed by atoms with Crippen LogP contribution in [-0.2, 0) is 12.0 Å². The molecule has 0 bridgehead atoms. The highest BCUT2D eigenvalue weighted by Crippen LogP contribution is 2.37. The van der Waals surface area contributed by atoms with Crippen LogP contribution in [0.15, 0.2) is 65.2 Å². The molecule has 1 heterocycles. The largest absolute Gasteiger partial charge is 0.340 e. The second kappa shape index (κ2) is 8.54. The average Bonchev–Trinajstić information content (AvgIpc) is 3.17. The molecular formula is C21H23ClN4O2. The maximum atomic E-state index is 12.7. The van der Waals surface area contributed by atoms with Gasteiger partial charge in [0.25, 0.3) is 5.91 Å². The zero-order valence-corrected chi connectivity index (χ0v) is 16.2. The standard InChI is InChI=1S/C21H22N4O2.ClH/c22-21(12-7-13-21)20-24-19(27-25-20)17(14-15-8-3-1-4-9-15)23-18(26)16-10-5-2-6-11-16;/h1-6,8-11,17H,7,12-14,22H2,(H,23,26);1H. The summed E-state index contributed by atoms with van der Waals surface area (Å²) in [6.45, 7) is 0. The summed E-state index contributed by atoms with van der Waals surface area (Å²) in [5.74, 6) is 0.730. The molecule has 1 atom stereocenters. The van der Waals surface area contributed by atoms with Gasteiger partial charge in [0.2, 0.25) is 5.89 Å². The van der Waals surface area contributed by atoms with Crippen LogP contribution in [0.25, 0.3) is 0 Å². The van der Waals surface area contributed by atoms with Crippen LogP contribution in [0.3, 0.4) is 0 Å². The fourth-order valence-corrected chi connectivity index (χ4v) is 3.24. The second-order valence-corrected chi connectivity index (χ2v) is 7.05. The van der Waals surface area contributed by atoms with E-state index in [9.17, 15) is 4.79 Å². The van der Waals surface area contributed by atoms with Crippen molar-refractivity contribution >= 4 is 18.3 Å². The Hall–Kier alpha value is -2.70. The molecule has 3 aromatic rings. The molecule has 1 aliphatic rings. The molecule has 2 aromatic carbocycles. The molecule has 1 aliphatic carbocycles. The minimum absolute atomic E-state index is 0. The number of carbonyl (C=O) groups is 1. The highest BCUT2D eigenvalue weighted by molar-refractivity contribution is 5.94. The third kappa shape index (κ3) is 4.24. The Balaban J connectivity index is 0.00000225. The molecule has 3 N–H and O–H groups in total. The van der Waals surface area contributed by atoms with E-state index in [2.05, 4.69) is 15.5 Å². The Morgan fingerprint density at radius 1 is 1.11 bits per heavy atom. The predicted octanol–water partition coefficient (Wildman–Crippen LogP) is 3.54. The number of aromatic nitrogens is 2. The topological polar surface area (TPSA) is 94.0 Å². The van der Waals surface area contributed by atoms with E-state index >= 15 is 0 Å². The number of halogens is 1. The molecular weight excluding hydrogens is 376 g/mol. The number of nitrogens with one attached hydrogen (secondary N) is 1. The maximum absolute atomic E-state index is 12.7. The molecule has 6 nitrogen and oxygen atoms in total. The van der Waals surface area contributed by atoms with Crippen molar-refractivity contribution in [2.45, 2.75) is 37.3 Å². The molecule has 1 aromatic heterocycles. The van der Waals surface area contributed by atoms with Crippen molar-refractivity contribution in [2.75, 3.05) is 0 Å². The van der Waals surface area contributed by atoms with Gasteiger partial charge in [0.1, 0.15) is 6.04 Å². The van der Waals surface area contributed by atoms with E-state index in [-0.39, 0.29) is 18.3 Å². The van der Waals surface area contributed by atoms with Gasteiger partial charge in [-0.25, -0.2) is 0 Å². The Bertz CT molecular complexity index is 910. The molecule has 1 unspecified atom stereocenters. The van der Waals surface area contributed by atoms with Crippen LogP contribution < -0.4 is 11.1 Å². The van der Waals surface area contributed by atoms with Crippen LogP contribution in [-0.4, -0.2) is 16.0 Å². The van der Waals surface area contributed by atoms with Gasteiger partial charge in [0, 0.05) is 12.0 Å². The number of carbonyl (C=O) groups excluding carboxylic acids is 1. The van der Waals surface area contributed by atoms with Crippen LogP contribution in [0.2, 0.25) is 0 Å². The summed E-state index contributed by atoms with van der Waals surface area (Å²) in [6, 6.07) is 18.6. The Labute approximate surface area is 169 Å². The number of nitrogens with two attached hydrogens (primary N) is 1. The summed E-state index contributed by atoms with van der Waals surface area (Å²) >= 11 is 0. The van der Waals surface area contributed by atoms with Gasteiger partial charge in [0.15, 0.2) is 5.82 Å².